The molecule has 6 rings (SSSR count). The van der Waals surface area contributed by atoms with Gasteiger partial charge in [-0.2, -0.15) is 0 Å². The van der Waals surface area contributed by atoms with E-state index in [0.29, 0.717) is 57.8 Å². The molecule has 0 amide bonds. The number of Topliss-reactive ketones (excluding diaryl/α,β-unsaturated/α-hetero) is 1. The Morgan fingerprint density at radius 2 is 1.28 bits per heavy atom. The smallest absolute Gasteiger partial charge is 0.235 e. The number of aliphatic hydroxyl groups is 1. The Balaban J connectivity index is 0.000000204. The monoisotopic (exact) mass is 817 g/mol. The highest BCUT2D eigenvalue weighted by atomic mass is 16.5. The Morgan fingerprint density at radius 3 is 1.85 bits per heavy atom. The van der Waals surface area contributed by atoms with Crippen LogP contribution in [0.2, 0.25) is 0 Å². The predicted molar refractivity (Wildman–Crippen MR) is 235 cm³/mol. The zero-order chi connectivity index (χ0) is 44.1. The third-order valence-corrected chi connectivity index (χ3v) is 10.2. The van der Waals surface area contributed by atoms with Crippen molar-refractivity contribution in [1.29, 1.82) is 0 Å². The van der Waals surface area contributed by atoms with Gasteiger partial charge in [-0.1, -0.05) is 71.9 Å². The van der Waals surface area contributed by atoms with Crippen LogP contribution in [0, 0.1) is 6.92 Å². The van der Waals surface area contributed by atoms with Crippen LogP contribution in [0.1, 0.15) is 92.7 Å². The van der Waals surface area contributed by atoms with Crippen molar-refractivity contribution in [2.24, 2.45) is 4.99 Å². The van der Waals surface area contributed by atoms with Gasteiger partial charge in [-0.05, 0) is 114 Å². The molecule has 0 aliphatic carbocycles. The van der Waals surface area contributed by atoms with Crippen LogP contribution in [0.3, 0.4) is 0 Å². The van der Waals surface area contributed by atoms with Crippen molar-refractivity contribution >= 4 is 23.0 Å². The maximum absolute atomic E-state index is 12.8. The zero-order valence-electron chi connectivity index (χ0n) is 35.2. The predicted octanol–water partition coefficient (Wildman–Crippen LogP) is 9.70. The van der Waals surface area contributed by atoms with Crippen molar-refractivity contribution in [2.75, 3.05) is 6.54 Å². The second-order valence-electron chi connectivity index (χ2n) is 14.7. The number of rotatable bonds is 12. The summed E-state index contributed by atoms with van der Waals surface area (Å²) < 4.78 is 11.5. The molecular weight excluding hydrogens is 763 g/mol. The van der Waals surface area contributed by atoms with Crippen LogP contribution in [0.4, 0.5) is 0 Å². The van der Waals surface area contributed by atoms with E-state index >= 15 is 0 Å². The molecule has 0 aliphatic heterocycles. The van der Waals surface area contributed by atoms with E-state index in [1.165, 1.54) is 30.0 Å². The Kier molecular flexibility index (Phi) is 16.1. The summed E-state index contributed by atoms with van der Waals surface area (Å²) >= 11 is 0. The van der Waals surface area contributed by atoms with E-state index in [4.69, 9.17) is 14.3 Å². The lowest BCUT2D eigenvalue weighted by Crippen LogP contribution is -2.19. The van der Waals surface area contributed by atoms with Crippen molar-refractivity contribution in [3.8, 4) is 40.2 Å². The molecule has 6 aromatic rings. The Bertz CT molecular complexity index is 2450. The van der Waals surface area contributed by atoms with Crippen molar-refractivity contribution < 1.29 is 44.6 Å². The first-order chi connectivity index (χ1) is 28.6. The first-order valence-corrected chi connectivity index (χ1v) is 19.9. The van der Waals surface area contributed by atoms with Gasteiger partial charge in [-0.3, -0.25) is 14.6 Å². The van der Waals surface area contributed by atoms with E-state index < -0.39 is 0 Å². The number of aliphatic imine (C=N–C) groups is 1. The Morgan fingerprint density at radius 1 is 0.700 bits per heavy atom. The number of aliphatic hydroxyl groups excluding tert-OH is 1. The summed E-state index contributed by atoms with van der Waals surface area (Å²) in [6, 6.07) is 26.1. The molecule has 6 N–H and O–H groups in total. The number of hydrogen-bond acceptors (Lipinski definition) is 11. The summed E-state index contributed by atoms with van der Waals surface area (Å²) in [5, 5.41) is 57.4. The number of ether oxygens (including phenoxy) is 1. The van der Waals surface area contributed by atoms with E-state index in [1.807, 2.05) is 62.4 Å². The number of carbonyl (C=O) groups excluding carboxylic acids is 1. The largest absolute Gasteiger partial charge is 0.508 e. The molecule has 60 heavy (non-hydrogen) atoms. The van der Waals surface area contributed by atoms with Crippen LogP contribution in [0.25, 0.3) is 11.0 Å². The minimum Gasteiger partial charge on any atom is -0.508 e. The van der Waals surface area contributed by atoms with Gasteiger partial charge >= 0.3 is 0 Å². The number of fused-ring (bicyclic) bond motifs is 1. The average Bonchev–Trinajstić information content (AvgIpc) is 3.24. The molecule has 5 aromatic carbocycles. The molecule has 11 nitrogen and oxygen atoms in total. The van der Waals surface area contributed by atoms with E-state index in [1.54, 1.807) is 38.1 Å². The lowest BCUT2D eigenvalue weighted by molar-refractivity contribution is -0.117. The minimum atomic E-state index is -0.282. The molecule has 1 heterocycles. The molecule has 1 aromatic heterocycles. The van der Waals surface area contributed by atoms with Gasteiger partial charge in [0.1, 0.15) is 34.3 Å². The van der Waals surface area contributed by atoms with Crippen molar-refractivity contribution in [3.63, 3.8) is 0 Å². The van der Waals surface area contributed by atoms with Gasteiger partial charge in [0.2, 0.25) is 11.2 Å². The number of phenols is 5. The fourth-order valence-corrected chi connectivity index (χ4v) is 6.19. The second-order valence-corrected chi connectivity index (χ2v) is 14.7. The maximum atomic E-state index is 12.8. The number of hydrogen-bond donors (Lipinski definition) is 6. The summed E-state index contributed by atoms with van der Waals surface area (Å²) in [7, 11) is 0. The molecule has 0 unspecified atom stereocenters. The highest BCUT2D eigenvalue weighted by Gasteiger charge is 2.25. The van der Waals surface area contributed by atoms with E-state index in [9.17, 15) is 35.1 Å². The number of nitrogens with zero attached hydrogens (tertiary/aromatic N) is 1. The second kappa shape index (κ2) is 20.9. The Labute approximate surface area is 350 Å². The average molecular weight is 818 g/mol. The van der Waals surface area contributed by atoms with E-state index in [-0.39, 0.29) is 58.5 Å². The van der Waals surface area contributed by atoms with Crippen LogP contribution < -0.4 is 10.2 Å². The maximum Gasteiger partial charge on any atom is 0.235 e. The summed E-state index contributed by atoms with van der Waals surface area (Å²) in [5.41, 5.74) is 5.94. The van der Waals surface area contributed by atoms with Crippen molar-refractivity contribution in [2.45, 2.75) is 86.2 Å². The third kappa shape index (κ3) is 11.5. The van der Waals surface area contributed by atoms with Gasteiger partial charge in [-0.25, -0.2) is 0 Å². The summed E-state index contributed by atoms with van der Waals surface area (Å²) in [5.74, 6) is 1.42. The van der Waals surface area contributed by atoms with Gasteiger partial charge in [0, 0.05) is 29.7 Å². The van der Waals surface area contributed by atoms with Crippen LogP contribution in [-0.4, -0.2) is 49.2 Å². The van der Waals surface area contributed by atoms with Gasteiger partial charge in [-0.15, -0.1) is 0 Å². The quantitative estimate of drug-likeness (QED) is 0.0512. The third-order valence-electron chi connectivity index (χ3n) is 10.2. The standard InChI is InChI=1S/C20H20O4.C18H22O3.C11H13NO3/c1-4-13-6-8-15(9-7-13)24-20-12(3)23-18-11-17(21)14(5-2)10-16(18)19(20)22;1-4-12-9-14(5-7-16(12)20)18(2,3)15-6-8-17(21)13(10-15)11-19;1-2-9(13)7-12-6-8-3-4-10(14)11(15)5-8/h6-11,21H,4-5H2,1-3H3;5-10,19-21H,4,11H2,1-3H3;3-6,14-15H,2,7H2,1H3. The van der Waals surface area contributed by atoms with E-state index in [0.717, 1.165) is 29.5 Å². The van der Waals surface area contributed by atoms with Crippen molar-refractivity contribution in [3.05, 3.63) is 146 Å². The molecule has 316 valence electrons. The lowest BCUT2D eigenvalue weighted by Gasteiger charge is -2.27. The van der Waals surface area contributed by atoms with Crippen LogP contribution in [0.5, 0.6) is 40.2 Å². The van der Waals surface area contributed by atoms with Crippen LogP contribution in [0.15, 0.2) is 105 Å². The SMILES string of the molecule is CCC(=O)CN=Cc1ccc(O)c(O)c1.CCc1cc(C(C)(C)c2ccc(O)c(CO)c2)ccc1O.CCc1ccc(Oc2c(C)oc3cc(O)c(CC)cc3c2=O)cc1. The van der Waals surface area contributed by atoms with E-state index in [2.05, 4.69) is 25.8 Å². The first kappa shape index (κ1) is 46.1. The summed E-state index contributed by atoms with van der Waals surface area (Å²) in [6.07, 6.45) is 4.31. The van der Waals surface area contributed by atoms with Crippen LogP contribution >= 0.6 is 0 Å². The molecular formula is C49H55NO10. The lowest BCUT2D eigenvalue weighted by atomic mass is 9.77. The molecule has 0 saturated heterocycles. The fourth-order valence-electron chi connectivity index (χ4n) is 6.19. The molecule has 0 bridgehead atoms. The van der Waals surface area contributed by atoms with Gasteiger partial charge in [0.15, 0.2) is 17.3 Å². The number of aryl methyl sites for hydroxylation is 4. The fraction of sp³-hybridized carbons (Fsp3) is 0.286. The molecule has 0 fully saturated rings. The number of benzene rings is 5. The minimum absolute atomic E-state index is 0.0641. The number of phenolic OH excluding ortho intramolecular Hbond substituents is 4. The van der Waals surface area contributed by atoms with Gasteiger partial charge in [0.25, 0.3) is 0 Å². The molecule has 0 saturated carbocycles. The summed E-state index contributed by atoms with van der Waals surface area (Å²) in [4.78, 5) is 27.6. The van der Waals surface area contributed by atoms with Crippen molar-refractivity contribution in [1.82, 2.24) is 0 Å². The zero-order valence-corrected chi connectivity index (χ0v) is 35.2. The highest BCUT2D eigenvalue weighted by Crippen LogP contribution is 2.36. The number of aromatic hydroxyl groups is 5. The molecule has 11 heteroatoms. The molecule has 0 spiro atoms. The van der Waals surface area contributed by atoms with Gasteiger partial charge < -0.3 is 39.8 Å². The normalized spacial score (nSPS) is 11.1. The molecule has 0 aliphatic rings. The van der Waals surface area contributed by atoms with Crippen LogP contribution in [-0.2, 0) is 36.1 Å². The number of ketones is 1. The Hall–Kier alpha value is -6.59. The summed E-state index contributed by atoms with van der Waals surface area (Å²) in [6.45, 7) is 13.6. The molecule has 0 atom stereocenters. The highest BCUT2D eigenvalue weighted by molar-refractivity contribution is 5.85. The number of carbonyl (C=O) groups is 1. The topological polar surface area (TPSA) is 190 Å². The first-order valence-electron chi connectivity index (χ1n) is 19.9. The molecule has 0 radical (unpaired) electrons. The van der Waals surface area contributed by atoms with Gasteiger partial charge in [0.05, 0.1) is 18.5 Å².